The summed E-state index contributed by atoms with van der Waals surface area (Å²) in [5.74, 6) is -0.937. The summed E-state index contributed by atoms with van der Waals surface area (Å²) in [5, 5.41) is 9.97. The number of carbonyl (C=O) groups excluding carboxylic acids is 3. The standard InChI is InChI=1S/C27H31N5O3/c1-18-9-7-10-21(15-18)17-31-13-8-14-32-24(27(31)35)16-23(30-32)26(34)29-20(3)25(33)28-19(2)22-11-5-4-6-12-22/h4-7,9-12,15-16,19-20H,8,13-14,17H2,1-3H3,(H,28,33)(H,29,34). The molecular formula is C27H31N5O3. The van der Waals surface area contributed by atoms with Crippen molar-refractivity contribution in [2.45, 2.75) is 52.4 Å². The Labute approximate surface area is 205 Å². The Morgan fingerprint density at radius 3 is 2.51 bits per heavy atom. The summed E-state index contributed by atoms with van der Waals surface area (Å²) < 4.78 is 1.59. The number of aryl methyl sites for hydroxylation is 2. The van der Waals surface area contributed by atoms with Crippen molar-refractivity contribution in [1.29, 1.82) is 0 Å². The largest absolute Gasteiger partial charge is 0.348 e. The van der Waals surface area contributed by atoms with Crippen molar-refractivity contribution in [2.24, 2.45) is 0 Å². The minimum Gasteiger partial charge on any atom is -0.348 e. The molecule has 1 aliphatic rings. The number of amides is 3. The number of hydrogen-bond acceptors (Lipinski definition) is 4. The first-order valence-electron chi connectivity index (χ1n) is 11.9. The summed E-state index contributed by atoms with van der Waals surface area (Å²) >= 11 is 0. The average Bonchev–Trinajstić information content (AvgIpc) is 3.22. The van der Waals surface area contributed by atoms with E-state index in [1.165, 1.54) is 6.07 Å². The maximum Gasteiger partial charge on any atom is 0.272 e. The third-order valence-corrected chi connectivity index (χ3v) is 6.17. The van der Waals surface area contributed by atoms with Crippen LogP contribution in [0.15, 0.2) is 60.7 Å². The summed E-state index contributed by atoms with van der Waals surface area (Å²) in [6, 6.07) is 18.3. The Morgan fingerprint density at radius 2 is 1.77 bits per heavy atom. The Balaban J connectivity index is 1.40. The molecule has 8 heteroatoms. The molecule has 0 fully saturated rings. The van der Waals surface area contributed by atoms with Crippen LogP contribution in [0.4, 0.5) is 0 Å². The molecule has 1 aliphatic heterocycles. The van der Waals surface area contributed by atoms with Crippen LogP contribution >= 0.6 is 0 Å². The number of aromatic nitrogens is 2. The van der Waals surface area contributed by atoms with Crippen LogP contribution in [-0.4, -0.2) is 45.0 Å². The number of hydrogen-bond donors (Lipinski definition) is 2. The summed E-state index contributed by atoms with van der Waals surface area (Å²) in [7, 11) is 0. The molecule has 0 radical (unpaired) electrons. The number of carbonyl (C=O) groups is 3. The van der Waals surface area contributed by atoms with E-state index < -0.39 is 11.9 Å². The number of nitrogens with zero attached hydrogens (tertiary/aromatic N) is 3. The molecule has 1 aromatic heterocycles. The topological polar surface area (TPSA) is 96.3 Å². The minimum absolute atomic E-state index is 0.126. The van der Waals surface area contributed by atoms with E-state index >= 15 is 0 Å². The lowest BCUT2D eigenvalue weighted by molar-refractivity contribution is -0.123. The van der Waals surface area contributed by atoms with Crippen LogP contribution in [0.1, 0.15) is 64.0 Å². The SMILES string of the molecule is Cc1cccc(CN2CCCn3nc(C(=O)NC(C)C(=O)NC(C)c4ccccc4)cc3C2=O)c1. The third kappa shape index (κ3) is 5.77. The fourth-order valence-electron chi connectivity index (χ4n) is 4.23. The molecule has 0 aliphatic carbocycles. The van der Waals surface area contributed by atoms with Crippen LogP contribution in [0, 0.1) is 6.92 Å². The van der Waals surface area contributed by atoms with E-state index in [0.717, 1.165) is 23.1 Å². The van der Waals surface area contributed by atoms with Crippen LogP contribution in [0.3, 0.4) is 0 Å². The van der Waals surface area contributed by atoms with E-state index in [2.05, 4.69) is 21.8 Å². The maximum absolute atomic E-state index is 13.2. The van der Waals surface area contributed by atoms with E-state index in [-0.39, 0.29) is 23.6 Å². The van der Waals surface area contributed by atoms with Crippen molar-refractivity contribution >= 4 is 17.7 Å². The Kier molecular flexibility index (Phi) is 7.29. The number of nitrogens with one attached hydrogen (secondary N) is 2. The van der Waals surface area contributed by atoms with Gasteiger partial charge in [0, 0.05) is 25.7 Å². The van der Waals surface area contributed by atoms with Gasteiger partial charge >= 0.3 is 0 Å². The predicted octanol–water partition coefficient (Wildman–Crippen LogP) is 3.23. The Hall–Kier alpha value is -3.94. The first-order chi connectivity index (χ1) is 16.8. The monoisotopic (exact) mass is 473 g/mol. The molecule has 2 aromatic carbocycles. The molecule has 3 amide bonds. The molecule has 0 bridgehead atoms. The van der Waals surface area contributed by atoms with Gasteiger partial charge in [-0.3, -0.25) is 19.1 Å². The molecule has 2 N–H and O–H groups in total. The molecule has 2 atom stereocenters. The molecular weight excluding hydrogens is 442 g/mol. The normalized spacial score (nSPS) is 15.1. The van der Waals surface area contributed by atoms with Gasteiger partial charge in [-0.25, -0.2) is 0 Å². The Bertz CT molecular complexity index is 1220. The summed E-state index contributed by atoms with van der Waals surface area (Å²) in [5.41, 5.74) is 3.70. The zero-order valence-electron chi connectivity index (χ0n) is 20.3. The van der Waals surface area contributed by atoms with E-state index in [1.807, 2.05) is 62.4 Å². The van der Waals surface area contributed by atoms with Crippen LogP contribution in [0.25, 0.3) is 0 Å². The van der Waals surface area contributed by atoms with E-state index in [4.69, 9.17) is 0 Å². The highest BCUT2D eigenvalue weighted by atomic mass is 16.2. The number of benzene rings is 2. The molecule has 4 rings (SSSR count). The van der Waals surface area contributed by atoms with Crippen molar-refractivity contribution < 1.29 is 14.4 Å². The van der Waals surface area contributed by atoms with Crippen LogP contribution in [0.5, 0.6) is 0 Å². The van der Waals surface area contributed by atoms with Gasteiger partial charge in [0.1, 0.15) is 11.7 Å². The van der Waals surface area contributed by atoms with Crippen LogP contribution in [-0.2, 0) is 17.9 Å². The summed E-state index contributed by atoms with van der Waals surface area (Å²) in [4.78, 5) is 40.5. The predicted molar refractivity (Wildman–Crippen MR) is 133 cm³/mol. The third-order valence-electron chi connectivity index (χ3n) is 6.17. The summed E-state index contributed by atoms with van der Waals surface area (Å²) in [6.07, 6.45) is 0.740. The lowest BCUT2D eigenvalue weighted by atomic mass is 10.1. The van der Waals surface area contributed by atoms with E-state index in [0.29, 0.717) is 25.3 Å². The molecule has 182 valence electrons. The van der Waals surface area contributed by atoms with E-state index in [1.54, 1.807) is 16.5 Å². The highest BCUT2D eigenvalue weighted by Gasteiger charge is 2.27. The highest BCUT2D eigenvalue weighted by molar-refractivity contribution is 5.99. The summed E-state index contributed by atoms with van der Waals surface area (Å²) in [6.45, 7) is 7.21. The molecule has 8 nitrogen and oxygen atoms in total. The zero-order chi connectivity index (χ0) is 24.9. The molecule has 0 saturated carbocycles. The molecule has 3 aromatic rings. The molecule has 0 spiro atoms. The van der Waals surface area contributed by atoms with Gasteiger partial charge in [0.05, 0.1) is 6.04 Å². The molecule has 2 heterocycles. The van der Waals surface area contributed by atoms with Gasteiger partial charge in [0.2, 0.25) is 5.91 Å². The van der Waals surface area contributed by atoms with Gasteiger partial charge < -0.3 is 15.5 Å². The fourth-order valence-corrected chi connectivity index (χ4v) is 4.23. The van der Waals surface area contributed by atoms with Gasteiger partial charge in [-0.1, -0.05) is 60.2 Å². The second-order valence-corrected chi connectivity index (χ2v) is 9.04. The van der Waals surface area contributed by atoms with E-state index in [9.17, 15) is 14.4 Å². The second-order valence-electron chi connectivity index (χ2n) is 9.04. The van der Waals surface area contributed by atoms with Gasteiger partial charge in [0.25, 0.3) is 11.8 Å². The highest BCUT2D eigenvalue weighted by Crippen LogP contribution is 2.17. The molecule has 0 saturated heterocycles. The number of rotatable bonds is 7. The fraction of sp³-hybridized carbons (Fsp3) is 0.333. The second kappa shape index (κ2) is 10.5. The van der Waals surface area contributed by atoms with Gasteiger partial charge in [-0.15, -0.1) is 0 Å². The van der Waals surface area contributed by atoms with Crippen molar-refractivity contribution in [3.8, 4) is 0 Å². The van der Waals surface area contributed by atoms with Gasteiger partial charge in [0.15, 0.2) is 5.69 Å². The van der Waals surface area contributed by atoms with Crippen molar-refractivity contribution in [2.75, 3.05) is 6.54 Å². The lowest BCUT2D eigenvalue weighted by Gasteiger charge is -2.20. The van der Waals surface area contributed by atoms with Crippen molar-refractivity contribution in [3.05, 3.63) is 88.7 Å². The maximum atomic E-state index is 13.2. The first-order valence-corrected chi connectivity index (χ1v) is 11.9. The molecule has 35 heavy (non-hydrogen) atoms. The zero-order valence-corrected chi connectivity index (χ0v) is 20.3. The Morgan fingerprint density at radius 1 is 1.00 bits per heavy atom. The quantitative estimate of drug-likeness (QED) is 0.551. The van der Waals surface area contributed by atoms with Crippen LogP contribution < -0.4 is 10.6 Å². The average molecular weight is 474 g/mol. The lowest BCUT2D eigenvalue weighted by Crippen LogP contribution is -2.45. The minimum atomic E-state index is -0.760. The van der Waals surface area contributed by atoms with Crippen LogP contribution in [0.2, 0.25) is 0 Å². The smallest absolute Gasteiger partial charge is 0.272 e. The molecule has 2 unspecified atom stereocenters. The first kappa shape index (κ1) is 24.2. The van der Waals surface area contributed by atoms with Gasteiger partial charge in [-0.2, -0.15) is 5.10 Å². The van der Waals surface area contributed by atoms with Crippen molar-refractivity contribution in [1.82, 2.24) is 25.3 Å². The van der Waals surface area contributed by atoms with Crippen molar-refractivity contribution in [3.63, 3.8) is 0 Å². The van der Waals surface area contributed by atoms with Gasteiger partial charge in [-0.05, 0) is 38.3 Å². The number of fused-ring (bicyclic) bond motifs is 1.